The van der Waals surface area contributed by atoms with Crippen molar-refractivity contribution in [3.63, 3.8) is 0 Å². The molecule has 0 aromatic carbocycles. The van der Waals surface area contributed by atoms with E-state index < -0.39 is 0 Å². The smallest absolute Gasteiger partial charge is 0.108 e. The van der Waals surface area contributed by atoms with Crippen LogP contribution in [0.1, 0.15) is 18.7 Å². The molecule has 0 spiro atoms. The fraction of sp³-hybridized carbons (Fsp3) is 0.700. The Balaban J connectivity index is 2.23. The van der Waals surface area contributed by atoms with Gasteiger partial charge in [-0.3, -0.25) is 0 Å². The minimum atomic E-state index is 0.319. The number of aryl methyl sites for hydroxylation is 2. The van der Waals surface area contributed by atoms with Crippen LogP contribution in [0, 0.1) is 0 Å². The van der Waals surface area contributed by atoms with Gasteiger partial charge in [0.25, 0.3) is 0 Å². The second-order valence-electron chi connectivity index (χ2n) is 3.53. The predicted octanol–water partition coefficient (Wildman–Crippen LogP) is 1.43. The number of imidazole rings is 1. The van der Waals surface area contributed by atoms with Crippen LogP contribution >= 0.6 is 11.8 Å². The quantitative estimate of drug-likeness (QED) is 0.777. The van der Waals surface area contributed by atoms with Crippen LogP contribution in [0.2, 0.25) is 0 Å². The molecule has 0 amide bonds. The van der Waals surface area contributed by atoms with Gasteiger partial charge in [0.1, 0.15) is 5.82 Å². The van der Waals surface area contributed by atoms with Crippen molar-refractivity contribution in [1.29, 1.82) is 0 Å². The number of hydrogen-bond acceptors (Lipinski definition) is 3. The molecule has 2 N–H and O–H groups in total. The van der Waals surface area contributed by atoms with E-state index in [0.29, 0.717) is 6.04 Å². The highest BCUT2D eigenvalue weighted by Gasteiger charge is 2.04. The average Bonchev–Trinajstić information content (AvgIpc) is 2.58. The normalized spacial score (nSPS) is 13.1. The molecular formula is C10H19N3S. The van der Waals surface area contributed by atoms with Crippen molar-refractivity contribution >= 4 is 11.8 Å². The summed E-state index contributed by atoms with van der Waals surface area (Å²) in [4.78, 5) is 4.27. The van der Waals surface area contributed by atoms with Gasteiger partial charge in [0, 0.05) is 31.9 Å². The van der Waals surface area contributed by atoms with Gasteiger partial charge in [0.15, 0.2) is 0 Å². The topological polar surface area (TPSA) is 43.8 Å². The fourth-order valence-electron chi connectivity index (χ4n) is 1.37. The minimum Gasteiger partial charge on any atom is -0.338 e. The third-order valence-electron chi connectivity index (χ3n) is 2.35. The second-order valence-corrected chi connectivity index (χ2v) is 4.52. The zero-order chi connectivity index (χ0) is 10.4. The maximum atomic E-state index is 5.98. The molecule has 4 heteroatoms. The Labute approximate surface area is 90.1 Å². The van der Waals surface area contributed by atoms with Crippen LogP contribution in [0.25, 0.3) is 0 Å². The lowest BCUT2D eigenvalue weighted by molar-refractivity contribution is 0.581. The lowest BCUT2D eigenvalue weighted by Gasteiger charge is -2.10. The molecule has 0 bridgehead atoms. The highest BCUT2D eigenvalue weighted by molar-refractivity contribution is 7.98. The molecule has 14 heavy (non-hydrogen) atoms. The lowest BCUT2D eigenvalue weighted by atomic mass is 10.1. The molecule has 1 rings (SSSR count). The predicted molar refractivity (Wildman–Crippen MR) is 62.5 cm³/mol. The number of aromatic nitrogens is 2. The maximum Gasteiger partial charge on any atom is 0.108 e. The van der Waals surface area contributed by atoms with Crippen molar-refractivity contribution in [3.05, 3.63) is 18.2 Å². The van der Waals surface area contributed by atoms with E-state index in [0.717, 1.165) is 30.8 Å². The zero-order valence-electron chi connectivity index (χ0n) is 8.94. The SMILES string of the molecule is CSCCC(N)CCc1nccn1C. The Morgan fingerprint density at radius 2 is 2.36 bits per heavy atom. The average molecular weight is 213 g/mol. The molecule has 0 aliphatic heterocycles. The van der Waals surface area contributed by atoms with Gasteiger partial charge < -0.3 is 10.3 Å². The summed E-state index contributed by atoms with van der Waals surface area (Å²) in [6.07, 6.45) is 9.05. The first-order chi connectivity index (χ1) is 6.74. The molecular weight excluding hydrogens is 194 g/mol. The summed E-state index contributed by atoms with van der Waals surface area (Å²) in [6.45, 7) is 0. The highest BCUT2D eigenvalue weighted by Crippen LogP contribution is 2.06. The van der Waals surface area contributed by atoms with E-state index in [2.05, 4.69) is 15.8 Å². The first kappa shape index (κ1) is 11.6. The summed E-state index contributed by atoms with van der Waals surface area (Å²) in [5.41, 5.74) is 5.98. The Morgan fingerprint density at radius 1 is 1.57 bits per heavy atom. The fourth-order valence-corrected chi connectivity index (χ4v) is 1.90. The van der Waals surface area contributed by atoms with Crippen LogP contribution in [0.3, 0.4) is 0 Å². The molecule has 1 unspecified atom stereocenters. The highest BCUT2D eigenvalue weighted by atomic mass is 32.2. The molecule has 1 aromatic heterocycles. The van der Waals surface area contributed by atoms with Crippen LogP contribution in [-0.4, -0.2) is 27.6 Å². The second kappa shape index (κ2) is 6.09. The molecule has 3 nitrogen and oxygen atoms in total. The lowest BCUT2D eigenvalue weighted by Crippen LogP contribution is -2.22. The Kier molecular flexibility index (Phi) is 5.04. The van der Waals surface area contributed by atoms with Crippen molar-refractivity contribution in [2.45, 2.75) is 25.3 Å². The van der Waals surface area contributed by atoms with Gasteiger partial charge in [-0.15, -0.1) is 0 Å². The summed E-state index contributed by atoms with van der Waals surface area (Å²) in [7, 11) is 2.02. The Morgan fingerprint density at radius 3 is 2.93 bits per heavy atom. The van der Waals surface area contributed by atoms with Crippen LogP contribution in [-0.2, 0) is 13.5 Å². The van der Waals surface area contributed by atoms with Gasteiger partial charge in [-0.1, -0.05) is 0 Å². The molecule has 0 fully saturated rings. The number of thioether (sulfide) groups is 1. The largest absolute Gasteiger partial charge is 0.338 e. The molecule has 0 aliphatic carbocycles. The van der Waals surface area contributed by atoms with E-state index in [1.165, 1.54) is 0 Å². The number of hydrogen-bond donors (Lipinski definition) is 1. The van der Waals surface area contributed by atoms with Crippen molar-refractivity contribution in [3.8, 4) is 0 Å². The number of rotatable bonds is 6. The molecule has 0 aliphatic rings. The summed E-state index contributed by atoms with van der Waals surface area (Å²) < 4.78 is 2.06. The molecule has 0 saturated heterocycles. The van der Waals surface area contributed by atoms with E-state index in [-0.39, 0.29) is 0 Å². The summed E-state index contributed by atoms with van der Waals surface area (Å²) in [5, 5.41) is 0. The maximum absolute atomic E-state index is 5.98. The van der Waals surface area contributed by atoms with Crippen molar-refractivity contribution in [2.24, 2.45) is 12.8 Å². The molecule has 0 saturated carbocycles. The molecule has 1 heterocycles. The molecule has 1 aromatic rings. The summed E-state index contributed by atoms with van der Waals surface area (Å²) in [5.74, 6) is 2.28. The molecule has 80 valence electrons. The van der Waals surface area contributed by atoms with Crippen molar-refractivity contribution in [1.82, 2.24) is 9.55 Å². The number of nitrogens with zero attached hydrogens (tertiary/aromatic N) is 2. The van der Waals surface area contributed by atoms with E-state index in [9.17, 15) is 0 Å². The Hall–Kier alpha value is -0.480. The van der Waals surface area contributed by atoms with Gasteiger partial charge in [0.2, 0.25) is 0 Å². The van der Waals surface area contributed by atoms with Crippen molar-refractivity contribution in [2.75, 3.05) is 12.0 Å². The summed E-state index contributed by atoms with van der Waals surface area (Å²) >= 11 is 1.86. The molecule has 0 radical (unpaired) electrons. The van der Waals surface area contributed by atoms with Crippen LogP contribution < -0.4 is 5.73 Å². The monoisotopic (exact) mass is 213 g/mol. The van der Waals surface area contributed by atoms with Gasteiger partial charge >= 0.3 is 0 Å². The number of nitrogens with two attached hydrogens (primary N) is 1. The third kappa shape index (κ3) is 3.72. The van der Waals surface area contributed by atoms with E-state index in [1.807, 2.05) is 31.2 Å². The van der Waals surface area contributed by atoms with Crippen LogP contribution in [0.5, 0.6) is 0 Å². The summed E-state index contributed by atoms with van der Waals surface area (Å²) in [6, 6.07) is 0.319. The van der Waals surface area contributed by atoms with Gasteiger partial charge in [-0.05, 0) is 24.9 Å². The first-order valence-corrected chi connectivity index (χ1v) is 6.34. The van der Waals surface area contributed by atoms with E-state index in [4.69, 9.17) is 5.73 Å². The van der Waals surface area contributed by atoms with Crippen molar-refractivity contribution < 1.29 is 0 Å². The van der Waals surface area contributed by atoms with Gasteiger partial charge in [-0.2, -0.15) is 11.8 Å². The van der Waals surface area contributed by atoms with E-state index in [1.54, 1.807) is 0 Å². The minimum absolute atomic E-state index is 0.319. The van der Waals surface area contributed by atoms with Gasteiger partial charge in [0.05, 0.1) is 0 Å². The van der Waals surface area contributed by atoms with Crippen LogP contribution in [0.15, 0.2) is 12.4 Å². The van der Waals surface area contributed by atoms with Crippen LogP contribution in [0.4, 0.5) is 0 Å². The zero-order valence-corrected chi connectivity index (χ0v) is 9.76. The molecule has 1 atom stereocenters. The first-order valence-electron chi connectivity index (χ1n) is 4.94. The van der Waals surface area contributed by atoms with E-state index >= 15 is 0 Å². The Bertz CT molecular complexity index is 260. The standard InChI is InChI=1S/C10H19N3S/c1-13-7-6-12-10(13)4-3-9(11)5-8-14-2/h6-7,9H,3-5,8,11H2,1-2H3. The third-order valence-corrected chi connectivity index (χ3v) is 3.00. The van der Waals surface area contributed by atoms with Gasteiger partial charge in [-0.25, -0.2) is 4.98 Å².